The van der Waals surface area contributed by atoms with Crippen molar-refractivity contribution in [2.24, 2.45) is 0 Å². The summed E-state index contributed by atoms with van der Waals surface area (Å²) in [5, 5.41) is 0. The lowest BCUT2D eigenvalue weighted by Crippen LogP contribution is -2.30. The number of ether oxygens (including phenoxy) is 2. The highest BCUT2D eigenvalue weighted by Gasteiger charge is 2.25. The van der Waals surface area contributed by atoms with Gasteiger partial charge in [0.05, 0.1) is 0 Å². The molecular formula is C10H16O4. The van der Waals surface area contributed by atoms with E-state index in [2.05, 4.69) is 0 Å². The molecule has 0 radical (unpaired) electrons. The molecule has 1 fully saturated rings. The van der Waals surface area contributed by atoms with Crippen LogP contribution in [0.5, 0.6) is 0 Å². The molecule has 0 aromatic heterocycles. The fourth-order valence-corrected chi connectivity index (χ4v) is 1.79. The van der Waals surface area contributed by atoms with Crippen molar-refractivity contribution in [3.63, 3.8) is 0 Å². The third kappa shape index (κ3) is 3.77. The summed E-state index contributed by atoms with van der Waals surface area (Å²) in [4.78, 5) is 21.4. The molecule has 0 aromatic rings. The van der Waals surface area contributed by atoms with Gasteiger partial charge in [0.2, 0.25) is 0 Å². The van der Waals surface area contributed by atoms with Crippen LogP contribution in [0.2, 0.25) is 0 Å². The van der Waals surface area contributed by atoms with Crippen molar-refractivity contribution in [2.75, 3.05) is 0 Å². The number of carbonyl (C=O) groups is 2. The summed E-state index contributed by atoms with van der Waals surface area (Å²) in [6, 6.07) is 0. The molecule has 0 bridgehead atoms. The lowest BCUT2D eigenvalue weighted by atomic mass is 9.95. The van der Waals surface area contributed by atoms with Crippen molar-refractivity contribution in [1.82, 2.24) is 0 Å². The van der Waals surface area contributed by atoms with E-state index in [9.17, 15) is 9.59 Å². The fourth-order valence-electron chi connectivity index (χ4n) is 1.79. The minimum absolute atomic E-state index is 0.0781. The van der Waals surface area contributed by atoms with E-state index in [-0.39, 0.29) is 24.1 Å². The van der Waals surface area contributed by atoms with Crippen molar-refractivity contribution in [3.05, 3.63) is 0 Å². The smallest absolute Gasteiger partial charge is 0.302 e. The van der Waals surface area contributed by atoms with Gasteiger partial charge in [-0.3, -0.25) is 9.59 Å². The molecule has 0 N–H and O–H groups in total. The second-order valence-electron chi connectivity index (χ2n) is 3.63. The van der Waals surface area contributed by atoms with Crippen LogP contribution in [-0.2, 0) is 19.1 Å². The maximum absolute atomic E-state index is 10.7. The number of hydrogen-bond acceptors (Lipinski definition) is 4. The summed E-state index contributed by atoms with van der Waals surface area (Å²) in [5.74, 6) is -0.531. The Bertz CT molecular complexity index is 202. The quantitative estimate of drug-likeness (QED) is 0.633. The van der Waals surface area contributed by atoms with E-state index in [4.69, 9.17) is 9.47 Å². The maximum atomic E-state index is 10.7. The largest absolute Gasteiger partial charge is 0.462 e. The summed E-state index contributed by atoms with van der Waals surface area (Å²) in [7, 11) is 0. The zero-order valence-electron chi connectivity index (χ0n) is 8.62. The fraction of sp³-hybridized carbons (Fsp3) is 0.800. The van der Waals surface area contributed by atoms with E-state index in [0.717, 1.165) is 19.3 Å². The highest BCUT2D eigenvalue weighted by Crippen LogP contribution is 2.23. The molecule has 80 valence electrons. The Morgan fingerprint density at radius 2 is 1.43 bits per heavy atom. The molecule has 0 saturated heterocycles. The van der Waals surface area contributed by atoms with Gasteiger partial charge in [0.25, 0.3) is 0 Å². The Kier molecular flexibility index (Phi) is 3.92. The first kappa shape index (κ1) is 11.0. The van der Waals surface area contributed by atoms with Crippen molar-refractivity contribution < 1.29 is 19.1 Å². The molecule has 14 heavy (non-hydrogen) atoms. The molecule has 1 rings (SSSR count). The van der Waals surface area contributed by atoms with E-state index in [1.54, 1.807) is 0 Å². The third-order valence-electron chi connectivity index (χ3n) is 2.24. The molecule has 0 aromatic carbocycles. The predicted molar refractivity (Wildman–Crippen MR) is 49.6 cm³/mol. The molecule has 4 nitrogen and oxygen atoms in total. The first-order chi connectivity index (χ1) is 6.58. The Balaban J connectivity index is 2.35. The average Bonchev–Trinajstić information content (AvgIpc) is 2.01. The van der Waals surface area contributed by atoms with Gasteiger partial charge in [-0.05, 0) is 19.3 Å². The van der Waals surface area contributed by atoms with Gasteiger partial charge in [-0.1, -0.05) is 0 Å². The predicted octanol–water partition coefficient (Wildman–Crippen LogP) is 1.42. The van der Waals surface area contributed by atoms with Gasteiger partial charge in [-0.25, -0.2) is 0 Å². The maximum Gasteiger partial charge on any atom is 0.302 e. The van der Waals surface area contributed by atoms with Crippen LogP contribution in [-0.4, -0.2) is 24.1 Å². The second kappa shape index (κ2) is 4.98. The molecular weight excluding hydrogens is 184 g/mol. The summed E-state index contributed by atoms with van der Waals surface area (Å²) >= 11 is 0. The van der Waals surface area contributed by atoms with Crippen molar-refractivity contribution >= 4 is 11.9 Å². The van der Waals surface area contributed by atoms with Crippen molar-refractivity contribution in [2.45, 2.75) is 51.7 Å². The zero-order chi connectivity index (χ0) is 10.6. The van der Waals surface area contributed by atoms with Gasteiger partial charge >= 0.3 is 11.9 Å². The van der Waals surface area contributed by atoms with Crippen LogP contribution >= 0.6 is 0 Å². The lowest BCUT2D eigenvalue weighted by molar-refractivity contribution is -0.155. The Labute approximate surface area is 83.6 Å². The highest BCUT2D eigenvalue weighted by atomic mass is 16.6. The summed E-state index contributed by atoms with van der Waals surface area (Å²) < 4.78 is 10.1. The number of hydrogen-bond donors (Lipinski definition) is 0. The van der Waals surface area contributed by atoms with Gasteiger partial charge < -0.3 is 9.47 Å². The summed E-state index contributed by atoms with van der Waals surface area (Å²) in [5.41, 5.74) is 0. The number of esters is 2. The first-order valence-corrected chi connectivity index (χ1v) is 4.92. The first-order valence-electron chi connectivity index (χ1n) is 4.92. The normalized spacial score (nSPS) is 26.7. The molecule has 0 aliphatic heterocycles. The molecule has 0 amide bonds. The van der Waals surface area contributed by atoms with Crippen LogP contribution < -0.4 is 0 Å². The van der Waals surface area contributed by atoms with Crippen LogP contribution in [0.15, 0.2) is 0 Å². The molecule has 1 aliphatic carbocycles. The number of rotatable bonds is 2. The molecule has 4 heteroatoms. The van der Waals surface area contributed by atoms with Crippen molar-refractivity contribution in [1.29, 1.82) is 0 Å². The van der Waals surface area contributed by atoms with Crippen LogP contribution in [0.25, 0.3) is 0 Å². The zero-order valence-corrected chi connectivity index (χ0v) is 8.62. The van der Waals surface area contributed by atoms with E-state index in [1.165, 1.54) is 13.8 Å². The molecule has 0 heterocycles. The van der Waals surface area contributed by atoms with Crippen LogP contribution in [0.1, 0.15) is 39.5 Å². The molecule has 0 unspecified atom stereocenters. The van der Waals surface area contributed by atoms with Gasteiger partial charge in [-0.2, -0.15) is 0 Å². The molecule has 0 spiro atoms. The van der Waals surface area contributed by atoms with Gasteiger partial charge in [-0.15, -0.1) is 0 Å². The van der Waals surface area contributed by atoms with Crippen molar-refractivity contribution in [3.8, 4) is 0 Å². The van der Waals surface area contributed by atoms with Gasteiger partial charge in [0.1, 0.15) is 12.2 Å². The highest BCUT2D eigenvalue weighted by molar-refractivity contribution is 5.66. The number of carbonyl (C=O) groups excluding carboxylic acids is 2. The van der Waals surface area contributed by atoms with Gasteiger partial charge in [0.15, 0.2) is 0 Å². The topological polar surface area (TPSA) is 52.6 Å². The minimum Gasteiger partial charge on any atom is -0.462 e. The van der Waals surface area contributed by atoms with Crippen LogP contribution in [0, 0.1) is 0 Å². The minimum atomic E-state index is -0.265. The monoisotopic (exact) mass is 200 g/mol. The van der Waals surface area contributed by atoms with Gasteiger partial charge in [0, 0.05) is 20.3 Å². The molecule has 1 saturated carbocycles. The Morgan fingerprint density at radius 1 is 1.00 bits per heavy atom. The third-order valence-corrected chi connectivity index (χ3v) is 2.24. The summed E-state index contributed by atoms with van der Waals surface area (Å²) in [6.45, 7) is 2.80. The van der Waals surface area contributed by atoms with E-state index >= 15 is 0 Å². The summed E-state index contributed by atoms with van der Waals surface area (Å²) in [6.07, 6.45) is 3.17. The standard InChI is InChI=1S/C10H16O4/c1-7(11)13-9-4-3-5-10(6-9)14-8(2)12/h9-10H,3-6H2,1-2H3/t9-,10-/m0/s1. The lowest BCUT2D eigenvalue weighted by Gasteiger charge is -2.27. The van der Waals surface area contributed by atoms with E-state index in [0.29, 0.717) is 6.42 Å². The Hall–Kier alpha value is -1.06. The van der Waals surface area contributed by atoms with E-state index in [1.807, 2.05) is 0 Å². The molecule has 1 aliphatic rings. The van der Waals surface area contributed by atoms with E-state index < -0.39 is 0 Å². The van der Waals surface area contributed by atoms with Crippen LogP contribution in [0.4, 0.5) is 0 Å². The van der Waals surface area contributed by atoms with Crippen LogP contribution in [0.3, 0.4) is 0 Å². The molecule has 2 atom stereocenters. The second-order valence-corrected chi connectivity index (χ2v) is 3.63. The SMILES string of the molecule is CC(=O)O[C@H]1CCC[C@H](OC(C)=O)C1. The average molecular weight is 200 g/mol. The Morgan fingerprint density at radius 3 is 1.79 bits per heavy atom.